The van der Waals surface area contributed by atoms with E-state index in [0.717, 1.165) is 0 Å². The zero-order chi connectivity index (χ0) is 9.19. The van der Waals surface area contributed by atoms with Gasteiger partial charge < -0.3 is 10.2 Å². The second-order valence-electron chi connectivity index (χ2n) is 2.66. The van der Waals surface area contributed by atoms with E-state index in [1.165, 1.54) is 6.08 Å². The molecular formula is C8H9ClO3. The molecule has 1 aliphatic rings. The van der Waals surface area contributed by atoms with Crippen LogP contribution in [0.2, 0.25) is 0 Å². The minimum atomic E-state index is -1.56. The maximum absolute atomic E-state index is 10.4. The molecule has 1 aliphatic carbocycles. The van der Waals surface area contributed by atoms with Crippen LogP contribution in [0.4, 0.5) is 0 Å². The van der Waals surface area contributed by atoms with E-state index in [2.05, 4.69) is 0 Å². The molecule has 0 radical (unpaired) electrons. The Balaban J connectivity index is 2.78. The SMILES string of the molecule is O=C(O)[C@@H](O)C1(Cl)C=CC=CC1. The predicted molar refractivity (Wildman–Crippen MR) is 45.1 cm³/mol. The lowest BCUT2D eigenvalue weighted by Gasteiger charge is -2.26. The molecule has 0 aromatic rings. The van der Waals surface area contributed by atoms with Crippen molar-refractivity contribution in [2.45, 2.75) is 17.4 Å². The fourth-order valence-corrected chi connectivity index (χ4v) is 1.27. The summed E-state index contributed by atoms with van der Waals surface area (Å²) in [5, 5.41) is 17.7. The third-order valence-electron chi connectivity index (χ3n) is 1.74. The number of aliphatic hydroxyl groups excluding tert-OH is 1. The van der Waals surface area contributed by atoms with Crippen LogP contribution in [0.3, 0.4) is 0 Å². The molecule has 2 N–H and O–H groups in total. The molecule has 4 heteroatoms. The molecule has 0 bridgehead atoms. The van der Waals surface area contributed by atoms with Gasteiger partial charge in [0.2, 0.25) is 0 Å². The van der Waals surface area contributed by atoms with Gasteiger partial charge in [0.25, 0.3) is 0 Å². The molecule has 0 saturated carbocycles. The van der Waals surface area contributed by atoms with Gasteiger partial charge in [-0.15, -0.1) is 11.6 Å². The van der Waals surface area contributed by atoms with Crippen molar-refractivity contribution < 1.29 is 15.0 Å². The number of allylic oxidation sites excluding steroid dienone is 3. The summed E-state index contributed by atoms with van der Waals surface area (Å²) in [6, 6.07) is 0. The van der Waals surface area contributed by atoms with E-state index >= 15 is 0 Å². The minimum absolute atomic E-state index is 0.332. The van der Waals surface area contributed by atoms with Gasteiger partial charge in [-0.2, -0.15) is 0 Å². The van der Waals surface area contributed by atoms with Gasteiger partial charge in [0.15, 0.2) is 6.10 Å². The van der Waals surface area contributed by atoms with E-state index < -0.39 is 16.9 Å². The molecule has 0 fully saturated rings. The first-order chi connectivity index (χ1) is 5.56. The Morgan fingerprint density at radius 3 is 2.67 bits per heavy atom. The van der Waals surface area contributed by atoms with Crippen molar-refractivity contribution in [3.63, 3.8) is 0 Å². The average molecular weight is 189 g/mol. The fourth-order valence-electron chi connectivity index (χ4n) is 1.02. The molecule has 0 saturated heterocycles. The number of rotatable bonds is 2. The number of halogens is 1. The molecule has 66 valence electrons. The number of hydrogen-bond acceptors (Lipinski definition) is 2. The number of alkyl halides is 1. The third-order valence-corrected chi connectivity index (χ3v) is 2.23. The van der Waals surface area contributed by atoms with Crippen LogP contribution in [-0.4, -0.2) is 27.2 Å². The van der Waals surface area contributed by atoms with Gasteiger partial charge in [0.05, 0.1) is 0 Å². The maximum Gasteiger partial charge on any atom is 0.334 e. The predicted octanol–water partition coefficient (Wildman–Crippen LogP) is 0.926. The Hall–Kier alpha value is -0.800. The average Bonchev–Trinajstić information content (AvgIpc) is 2.04. The van der Waals surface area contributed by atoms with Gasteiger partial charge in [-0.3, -0.25) is 0 Å². The molecule has 0 aromatic heterocycles. The first kappa shape index (κ1) is 9.29. The summed E-state index contributed by atoms with van der Waals surface area (Å²) in [5.74, 6) is -1.30. The quantitative estimate of drug-likeness (QED) is 0.634. The monoisotopic (exact) mass is 188 g/mol. The number of carbonyl (C=O) groups is 1. The molecule has 0 aliphatic heterocycles. The van der Waals surface area contributed by atoms with E-state index in [1.807, 2.05) is 0 Å². The molecule has 3 nitrogen and oxygen atoms in total. The van der Waals surface area contributed by atoms with Crippen molar-refractivity contribution in [3.05, 3.63) is 24.3 Å². The minimum Gasteiger partial charge on any atom is -0.479 e. The van der Waals surface area contributed by atoms with Crippen LogP contribution in [0, 0.1) is 0 Å². The van der Waals surface area contributed by atoms with E-state index in [-0.39, 0.29) is 0 Å². The van der Waals surface area contributed by atoms with Crippen molar-refractivity contribution in [1.82, 2.24) is 0 Å². The molecule has 1 unspecified atom stereocenters. The third kappa shape index (κ3) is 1.68. The van der Waals surface area contributed by atoms with Crippen LogP contribution < -0.4 is 0 Å². The molecule has 1 rings (SSSR count). The van der Waals surface area contributed by atoms with Crippen LogP contribution in [0.15, 0.2) is 24.3 Å². The van der Waals surface area contributed by atoms with Crippen LogP contribution >= 0.6 is 11.6 Å². The Kier molecular flexibility index (Phi) is 2.55. The highest BCUT2D eigenvalue weighted by Crippen LogP contribution is 2.29. The first-order valence-corrected chi connectivity index (χ1v) is 3.88. The van der Waals surface area contributed by atoms with Crippen molar-refractivity contribution in [1.29, 1.82) is 0 Å². The standard InChI is InChI=1S/C8H9ClO3/c9-8(6(10)7(11)12)4-2-1-3-5-8/h1-4,6,10H,5H2,(H,11,12)/t6-,8?/m1/s1. The summed E-state index contributed by atoms with van der Waals surface area (Å²) in [6.45, 7) is 0. The van der Waals surface area contributed by atoms with Gasteiger partial charge in [0, 0.05) is 0 Å². The molecule has 12 heavy (non-hydrogen) atoms. The van der Waals surface area contributed by atoms with E-state index in [9.17, 15) is 9.90 Å². The number of carboxylic acids is 1. The highest BCUT2D eigenvalue weighted by atomic mass is 35.5. The lowest BCUT2D eigenvalue weighted by Crippen LogP contribution is -2.41. The topological polar surface area (TPSA) is 57.5 Å². The molecule has 0 aromatic carbocycles. The van der Waals surface area contributed by atoms with Crippen LogP contribution in [-0.2, 0) is 4.79 Å². The smallest absolute Gasteiger partial charge is 0.334 e. The van der Waals surface area contributed by atoms with E-state index in [1.54, 1.807) is 18.2 Å². The lowest BCUT2D eigenvalue weighted by molar-refractivity contribution is -0.147. The summed E-state index contributed by atoms with van der Waals surface area (Å²) in [6.07, 6.45) is 5.38. The van der Waals surface area contributed by atoms with Gasteiger partial charge >= 0.3 is 5.97 Å². The maximum atomic E-state index is 10.4. The van der Waals surface area contributed by atoms with Crippen molar-refractivity contribution in [2.75, 3.05) is 0 Å². The highest BCUT2D eigenvalue weighted by Gasteiger charge is 2.37. The summed E-state index contributed by atoms with van der Waals surface area (Å²) in [4.78, 5) is 9.23. The van der Waals surface area contributed by atoms with Gasteiger partial charge in [0.1, 0.15) is 4.87 Å². The molecular weight excluding hydrogens is 180 g/mol. The van der Waals surface area contributed by atoms with Crippen molar-refractivity contribution in [3.8, 4) is 0 Å². The van der Waals surface area contributed by atoms with Crippen LogP contribution in [0.25, 0.3) is 0 Å². The van der Waals surface area contributed by atoms with Crippen molar-refractivity contribution >= 4 is 17.6 Å². The molecule has 2 atom stereocenters. The molecule has 0 spiro atoms. The largest absolute Gasteiger partial charge is 0.479 e. The second kappa shape index (κ2) is 3.29. The zero-order valence-electron chi connectivity index (χ0n) is 6.27. The van der Waals surface area contributed by atoms with Gasteiger partial charge in [-0.25, -0.2) is 4.79 Å². The number of hydrogen-bond donors (Lipinski definition) is 2. The number of aliphatic carboxylic acids is 1. The Bertz CT molecular complexity index is 247. The Labute approximate surface area is 75.0 Å². The van der Waals surface area contributed by atoms with Gasteiger partial charge in [-0.05, 0) is 6.42 Å². The summed E-state index contributed by atoms with van der Waals surface area (Å²) >= 11 is 5.85. The number of carboxylic acid groups (broad SMARTS) is 1. The summed E-state index contributed by atoms with van der Waals surface area (Å²) < 4.78 is 0. The van der Waals surface area contributed by atoms with Crippen LogP contribution in [0.1, 0.15) is 6.42 Å². The Morgan fingerprint density at radius 1 is 1.58 bits per heavy atom. The summed E-state index contributed by atoms with van der Waals surface area (Å²) in [5.41, 5.74) is 0. The van der Waals surface area contributed by atoms with Crippen molar-refractivity contribution in [2.24, 2.45) is 0 Å². The fraction of sp³-hybridized carbons (Fsp3) is 0.375. The van der Waals surface area contributed by atoms with Crippen LogP contribution in [0.5, 0.6) is 0 Å². The second-order valence-corrected chi connectivity index (χ2v) is 3.36. The van der Waals surface area contributed by atoms with E-state index in [0.29, 0.717) is 6.42 Å². The normalized spacial score (nSPS) is 30.2. The zero-order valence-corrected chi connectivity index (χ0v) is 7.03. The van der Waals surface area contributed by atoms with E-state index in [4.69, 9.17) is 16.7 Å². The highest BCUT2D eigenvalue weighted by molar-refractivity contribution is 6.27. The lowest BCUT2D eigenvalue weighted by atomic mass is 9.94. The Morgan fingerprint density at radius 2 is 2.25 bits per heavy atom. The number of aliphatic hydroxyl groups is 1. The molecule has 0 heterocycles. The molecule has 0 amide bonds. The first-order valence-electron chi connectivity index (χ1n) is 3.50. The van der Waals surface area contributed by atoms with Gasteiger partial charge in [-0.1, -0.05) is 24.3 Å². The summed E-state index contributed by atoms with van der Waals surface area (Å²) in [7, 11) is 0.